The third kappa shape index (κ3) is 4.27. The van der Waals surface area contributed by atoms with Crippen molar-refractivity contribution in [3.8, 4) is 11.5 Å². The zero-order chi connectivity index (χ0) is 17.8. The summed E-state index contributed by atoms with van der Waals surface area (Å²) in [4.78, 5) is 23.8. The van der Waals surface area contributed by atoms with Gasteiger partial charge in [-0.15, -0.1) is 0 Å². The summed E-state index contributed by atoms with van der Waals surface area (Å²) in [6.45, 7) is -0.575. The monoisotopic (exact) mass is 409 g/mol. The molecule has 0 radical (unpaired) electrons. The van der Waals surface area contributed by atoms with E-state index in [1.807, 2.05) is 0 Å². The second-order valence-corrected chi connectivity index (χ2v) is 6.06. The van der Waals surface area contributed by atoms with Crippen molar-refractivity contribution in [3.05, 3.63) is 52.8 Å². The van der Waals surface area contributed by atoms with E-state index >= 15 is 0 Å². The summed E-state index contributed by atoms with van der Waals surface area (Å²) in [7, 11) is 0. The smallest absolute Gasteiger partial charge is 0.351 e. The van der Waals surface area contributed by atoms with Crippen molar-refractivity contribution in [1.82, 2.24) is 0 Å². The van der Waals surface area contributed by atoms with Crippen LogP contribution in [0.15, 0.2) is 46.9 Å². The zero-order valence-electron chi connectivity index (χ0n) is 12.8. The molecule has 0 bridgehead atoms. The summed E-state index contributed by atoms with van der Waals surface area (Å²) in [5, 5.41) is 2.33. The van der Waals surface area contributed by atoms with Crippen LogP contribution in [-0.2, 0) is 14.3 Å². The van der Waals surface area contributed by atoms with E-state index < -0.39 is 30.4 Å². The molecule has 0 fully saturated rings. The molecule has 0 saturated heterocycles. The van der Waals surface area contributed by atoms with E-state index in [0.717, 1.165) is 0 Å². The van der Waals surface area contributed by atoms with Gasteiger partial charge < -0.3 is 19.5 Å². The summed E-state index contributed by atoms with van der Waals surface area (Å²) in [6.07, 6.45) is -0.966. The maximum absolute atomic E-state index is 13.7. The van der Waals surface area contributed by atoms with E-state index in [1.165, 1.54) is 12.1 Å². The number of rotatable bonds is 4. The number of anilines is 1. The van der Waals surface area contributed by atoms with Crippen LogP contribution in [0.25, 0.3) is 0 Å². The Morgan fingerprint density at radius 1 is 1.24 bits per heavy atom. The van der Waals surface area contributed by atoms with Crippen LogP contribution < -0.4 is 14.8 Å². The van der Waals surface area contributed by atoms with Crippen molar-refractivity contribution in [3.63, 3.8) is 0 Å². The van der Waals surface area contributed by atoms with Gasteiger partial charge in [0.1, 0.15) is 12.4 Å². The lowest BCUT2D eigenvalue weighted by Gasteiger charge is -2.24. The van der Waals surface area contributed by atoms with Crippen molar-refractivity contribution >= 4 is 33.5 Å². The van der Waals surface area contributed by atoms with Gasteiger partial charge in [-0.25, -0.2) is 9.18 Å². The molecule has 3 rings (SSSR count). The van der Waals surface area contributed by atoms with Gasteiger partial charge >= 0.3 is 5.97 Å². The number of nitrogens with one attached hydrogen (secondary N) is 1. The standard InChI is InChI=1S/C17H13BrFNO5/c18-10-5-6-12(11(19)7-10)20-16(21)9-24-17(22)15-8-23-13-3-1-2-4-14(13)25-15/h1-7,15H,8-9H2,(H,20,21)/t15-/m0/s1. The van der Waals surface area contributed by atoms with Crippen LogP contribution >= 0.6 is 15.9 Å². The zero-order valence-corrected chi connectivity index (χ0v) is 14.4. The van der Waals surface area contributed by atoms with Gasteiger partial charge in [0.2, 0.25) is 6.10 Å². The molecule has 0 aromatic heterocycles. The molecule has 0 unspecified atom stereocenters. The van der Waals surface area contributed by atoms with E-state index in [9.17, 15) is 14.0 Å². The normalized spacial score (nSPS) is 15.4. The molecule has 1 aliphatic heterocycles. The quantitative estimate of drug-likeness (QED) is 0.785. The Morgan fingerprint density at radius 3 is 2.76 bits per heavy atom. The van der Waals surface area contributed by atoms with Crippen molar-refractivity contribution in [2.24, 2.45) is 0 Å². The minimum absolute atomic E-state index is 0.00424. The van der Waals surface area contributed by atoms with E-state index in [2.05, 4.69) is 21.2 Å². The highest BCUT2D eigenvalue weighted by Gasteiger charge is 2.29. The molecule has 1 N–H and O–H groups in total. The van der Waals surface area contributed by atoms with Crippen molar-refractivity contribution in [2.75, 3.05) is 18.5 Å². The maximum atomic E-state index is 13.7. The predicted octanol–water partition coefficient (Wildman–Crippen LogP) is 2.91. The molecule has 130 valence electrons. The number of benzene rings is 2. The molecule has 0 aliphatic carbocycles. The highest BCUT2D eigenvalue weighted by molar-refractivity contribution is 9.10. The molecule has 25 heavy (non-hydrogen) atoms. The third-order valence-corrected chi connectivity index (χ3v) is 3.82. The molecule has 0 saturated carbocycles. The van der Waals surface area contributed by atoms with Crippen LogP contribution in [0.2, 0.25) is 0 Å². The van der Waals surface area contributed by atoms with Crippen LogP contribution in [0.1, 0.15) is 0 Å². The van der Waals surface area contributed by atoms with Gasteiger partial charge in [0.05, 0.1) is 5.69 Å². The number of fused-ring (bicyclic) bond motifs is 1. The van der Waals surface area contributed by atoms with E-state index in [1.54, 1.807) is 30.3 Å². The van der Waals surface area contributed by atoms with E-state index in [-0.39, 0.29) is 12.3 Å². The molecule has 1 atom stereocenters. The Kier molecular flexibility index (Phi) is 5.18. The first kappa shape index (κ1) is 17.2. The average molecular weight is 410 g/mol. The first-order valence-electron chi connectivity index (χ1n) is 7.33. The number of amides is 1. The van der Waals surface area contributed by atoms with Crippen molar-refractivity contribution < 1.29 is 28.2 Å². The number of hydrogen-bond acceptors (Lipinski definition) is 5. The van der Waals surface area contributed by atoms with E-state index in [4.69, 9.17) is 14.2 Å². The van der Waals surface area contributed by atoms with Crippen molar-refractivity contribution in [2.45, 2.75) is 6.10 Å². The van der Waals surface area contributed by atoms with Crippen LogP contribution in [0.4, 0.5) is 10.1 Å². The fourth-order valence-corrected chi connectivity index (χ4v) is 2.48. The molecule has 0 spiro atoms. The van der Waals surface area contributed by atoms with Crippen molar-refractivity contribution in [1.29, 1.82) is 0 Å². The number of carbonyl (C=O) groups is 2. The average Bonchev–Trinajstić information content (AvgIpc) is 2.61. The van der Waals surface area contributed by atoms with Crippen LogP contribution in [0.5, 0.6) is 11.5 Å². The highest BCUT2D eigenvalue weighted by Crippen LogP contribution is 2.31. The summed E-state index contributed by atoms with van der Waals surface area (Å²) in [5.41, 5.74) is -0.00424. The minimum Gasteiger partial charge on any atom is -0.485 e. The maximum Gasteiger partial charge on any atom is 0.351 e. The van der Waals surface area contributed by atoms with Gasteiger partial charge in [-0.1, -0.05) is 28.1 Å². The lowest BCUT2D eigenvalue weighted by atomic mass is 10.2. The van der Waals surface area contributed by atoms with Crippen LogP contribution in [-0.4, -0.2) is 31.2 Å². The Hall–Kier alpha value is -2.61. The summed E-state index contributed by atoms with van der Waals surface area (Å²) in [5.74, 6) is -1.03. The number of para-hydroxylation sites is 2. The molecule has 8 heteroatoms. The number of esters is 1. The SMILES string of the molecule is O=C(COC(=O)[C@@H]1COc2ccccc2O1)Nc1ccc(Br)cc1F. The van der Waals surface area contributed by atoms with Gasteiger partial charge in [0.25, 0.3) is 5.91 Å². The Bertz CT molecular complexity index is 813. The third-order valence-electron chi connectivity index (χ3n) is 3.32. The van der Waals surface area contributed by atoms with Gasteiger partial charge in [0.15, 0.2) is 18.1 Å². The first-order valence-corrected chi connectivity index (χ1v) is 8.12. The first-order chi connectivity index (χ1) is 12.0. The Labute approximate surface area is 151 Å². The van der Waals surface area contributed by atoms with Gasteiger partial charge in [0, 0.05) is 4.47 Å². The minimum atomic E-state index is -0.966. The van der Waals surface area contributed by atoms with Crippen LogP contribution in [0, 0.1) is 5.82 Å². The molecule has 1 heterocycles. The summed E-state index contributed by atoms with van der Waals surface area (Å²) >= 11 is 3.12. The molecule has 1 aliphatic rings. The molecule has 6 nitrogen and oxygen atoms in total. The fourth-order valence-electron chi connectivity index (χ4n) is 2.14. The lowest BCUT2D eigenvalue weighted by Crippen LogP contribution is -2.39. The molecule has 2 aromatic rings. The summed E-state index contributed by atoms with van der Waals surface area (Å²) < 4.78 is 30.0. The highest BCUT2D eigenvalue weighted by atomic mass is 79.9. The van der Waals surface area contributed by atoms with E-state index in [0.29, 0.717) is 16.0 Å². The second-order valence-electron chi connectivity index (χ2n) is 5.14. The fraction of sp³-hybridized carbons (Fsp3) is 0.176. The number of halogens is 2. The summed E-state index contributed by atoms with van der Waals surface area (Å²) in [6, 6.07) is 11.1. The molecule has 1 amide bonds. The Morgan fingerprint density at radius 2 is 2.00 bits per heavy atom. The number of ether oxygens (including phenoxy) is 3. The molecular formula is C17H13BrFNO5. The topological polar surface area (TPSA) is 73.9 Å². The van der Waals surface area contributed by atoms with Gasteiger partial charge in [-0.3, -0.25) is 4.79 Å². The lowest BCUT2D eigenvalue weighted by molar-refractivity contribution is -0.156. The Balaban J connectivity index is 1.51. The second kappa shape index (κ2) is 7.52. The van der Waals surface area contributed by atoms with Crippen LogP contribution in [0.3, 0.4) is 0 Å². The van der Waals surface area contributed by atoms with Gasteiger partial charge in [-0.05, 0) is 30.3 Å². The predicted molar refractivity (Wildman–Crippen MR) is 90.0 cm³/mol. The largest absolute Gasteiger partial charge is 0.485 e. The molecular weight excluding hydrogens is 397 g/mol. The number of hydrogen-bond donors (Lipinski definition) is 1. The van der Waals surface area contributed by atoms with Gasteiger partial charge in [-0.2, -0.15) is 0 Å². The number of carbonyl (C=O) groups excluding carboxylic acids is 2. The molecule has 2 aromatic carbocycles.